The number of rotatable bonds is 25. The molecule has 62 heavy (non-hydrogen) atoms. The van der Waals surface area contributed by atoms with E-state index in [1.165, 1.54) is 55.5 Å². The SMILES string of the molecule is C[C@@H](O)[C@H](N)C(=O)N[C@@H](Cc1ccc(O)cc1)C(=O)NCC(=O)N[C@@H](Cc1ccc(O)cc1)C(=O)N[C@@H](CO)C(=O)N[C@@H](CO)C(=O)N[C@@H](CC(N)=O)C(=O)N[C@@H](CO)C(=O)O. The van der Waals surface area contributed by atoms with Crippen LogP contribution in [0.4, 0.5) is 0 Å². The molecule has 0 aliphatic heterocycles. The molecule has 0 saturated carbocycles. The quantitative estimate of drug-likeness (QED) is 0.0440. The molecule has 18 N–H and O–H groups in total. The Morgan fingerprint density at radius 2 is 0.919 bits per heavy atom. The fourth-order valence-corrected chi connectivity index (χ4v) is 5.25. The molecule has 0 unspecified atom stereocenters. The first-order valence-corrected chi connectivity index (χ1v) is 18.6. The first-order valence-electron chi connectivity index (χ1n) is 18.6. The van der Waals surface area contributed by atoms with Gasteiger partial charge in [0.05, 0.1) is 38.9 Å². The second kappa shape index (κ2) is 25.0. The number of phenols is 2. The maximum Gasteiger partial charge on any atom is 0.328 e. The van der Waals surface area contributed by atoms with Gasteiger partial charge in [-0.2, -0.15) is 0 Å². The summed E-state index contributed by atoms with van der Waals surface area (Å²) in [6, 6.07) is -0.835. The van der Waals surface area contributed by atoms with Crippen LogP contribution in [0.25, 0.3) is 0 Å². The van der Waals surface area contributed by atoms with Crippen LogP contribution < -0.4 is 48.7 Å². The molecule has 0 aliphatic carbocycles. The molecule has 2 aromatic rings. The van der Waals surface area contributed by atoms with Crippen LogP contribution in [0.15, 0.2) is 48.5 Å². The molecule has 25 nitrogen and oxygen atoms in total. The largest absolute Gasteiger partial charge is 0.508 e. The summed E-state index contributed by atoms with van der Waals surface area (Å²) in [5.41, 5.74) is 11.7. The monoisotopic (exact) mass is 877 g/mol. The van der Waals surface area contributed by atoms with Gasteiger partial charge in [0.25, 0.3) is 0 Å². The van der Waals surface area contributed by atoms with Crippen molar-refractivity contribution in [2.24, 2.45) is 11.5 Å². The van der Waals surface area contributed by atoms with Crippen molar-refractivity contribution < 1.29 is 78.9 Å². The number of primary amides is 1. The van der Waals surface area contributed by atoms with E-state index >= 15 is 0 Å². The number of aliphatic hydroxyl groups is 4. The normalized spacial score (nSPS) is 14.7. The number of benzene rings is 2. The highest BCUT2D eigenvalue weighted by Crippen LogP contribution is 2.13. The van der Waals surface area contributed by atoms with E-state index < -0.39 is 134 Å². The minimum atomic E-state index is -1.91. The van der Waals surface area contributed by atoms with E-state index in [1.807, 2.05) is 16.0 Å². The Bertz CT molecular complexity index is 1900. The minimum absolute atomic E-state index is 0.0738. The van der Waals surface area contributed by atoms with Crippen LogP contribution >= 0.6 is 0 Å². The first-order chi connectivity index (χ1) is 29.2. The van der Waals surface area contributed by atoms with Gasteiger partial charge in [-0.05, 0) is 42.3 Å². The van der Waals surface area contributed by atoms with Crippen LogP contribution in [-0.2, 0) is 56.0 Å². The number of amides is 8. The third kappa shape index (κ3) is 17.0. The minimum Gasteiger partial charge on any atom is -0.508 e. The van der Waals surface area contributed by atoms with Crippen molar-refractivity contribution in [2.45, 2.75) is 74.6 Å². The Balaban J connectivity index is 2.23. The van der Waals surface area contributed by atoms with Crippen LogP contribution in [0, 0.1) is 0 Å². The van der Waals surface area contributed by atoms with E-state index in [9.17, 15) is 73.8 Å². The third-order valence-electron chi connectivity index (χ3n) is 8.75. The van der Waals surface area contributed by atoms with Crippen molar-refractivity contribution in [3.05, 3.63) is 59.7 Å². The number of phenolic OH excluding ortho intramolecular Hbond substituents is 2. The van der Waals surface area contributed by atoms with Gasteiger partial charge in [-0.1, -0.05) is 24.3 Å². The number of carbonyl (C=O) groups is 9. The highest BCUT2D eigenvalue weighted by atomic mass is 16.4. The van der Waals surface area contributed by atoms with Gasteiger partial charge in [0.2, 0.25) is 47.3 Å². The zero-order valence-corrected chi connectivity index (χ0v) is 33.1. The topological polar surface area (TPSA) is 431 Å². The van der Waals surface area contributed by atoms with Crippen LogP contribution in [0.3, 0.4) is 0 Å². The van der Waals surface area contributed by atoms with E-state index in [-0.39, 0.29) is 24.3 Å². The maximum atomic E-state index is 13.6. The van der Waals surface area contributed by atoms with Gasteiger partial charge in [0.15, 0.2) is 0 Å². The van der Waals surface area contributed by atoms with Gasteiger partial charge < -0.3 is 84.4 Å². The maximum absolute atomic E-state index is 13.6. The number of hydrogen-bond donors (Lipinski definition) is 16. The number of aliphatic hydroxyl groups excluding tert-OH is 4. The number of aromatic hydroxyl groups is 2. The Labute approximate surface area is 352 Å². The summed E-state index contributed by atoms with van der Waals surface area (Å²) in [6.45, 7) is -2.87. The predicted molar refractivity (Wildman–Crippen MR) is 211 cm³/mol. The molecule has 0 heterocycles. The number of nitrogens with one attached hydrogen (secondary N) is 7. The number of nitrogens with two attached hydrogens (primary N) is 2. The Morgan fingerprint density at radius 3 is 1.32 bits per heavy atom. The van der Waals surface area contributed by atoms with Crippen LogP contribution in [-0.4, -0.2) is 164 Å². The number of carboxylic acids is 1. The molecular formula is C37H51N9O16. The van der Waals surface area contributed by atoms with Crippen molar-refractivity contribution in [1.82, 2.24) is 37.2 Å². The molecule has 8 atom stereocenters. The van der Waals surface area contributed by atoms with E-state index in [0.29, 0.717) is 11.1 Å². The van der Waals surface area contributed by atoms with Crippen molar-refractivity contribution in [3.8, 4) is 11.5 Å². The molecule has 8 amide bonds. The summed E-state index contributed by atoms with van der Waals surface area (Å²) in [5, 5.41) is 82.5. The van der Waals surface area contributed by atoms with Gasteiger partial charge in [0.1, 0.15) is 53.8 Å². The summed E-state index contributed by atoms with van der Waals surface area (Å²) >= 11 is 0. The van der Waals surface area contributed by atoms with Crippen LogP contribution in [0.2, 0.25) is 0 Å². The molecule has 2 aromatic carbocycles. The van der Waals surface area contributed by atoms with Crippen molar-refractivity contribution in [3.63, 3.8) is 0 Å². The highest BCUT2D eigenvalue weighted by Gasteiger charge is 2.33. The molecule has 2 rings (SSSR count). The molecule has 0 saturated heterocycles. The van der Waals surface area contributed by atoms with Gasteiger partial charge >= 0.3 is 5.97 Å². The first kappa shape index (κ1) is 51.2. The fraction of sp³-hybridized carbons (Fsp3) is 0.432. The molecule has 0 bridgehead atoms. The molecule has 0 spiro atoms. The van der Waals surface area contributed by atoms with Gasteiger partial charge in [-0.25, -0.2) is 4.79 Å². The second-order valence-corrected chi connectivity index (χ2v) is 13.7. The molecule has 25 heteroatoms. The van der Waals surface area contributed by atoms with Gasteiger partial charge in [-0.15, -0.1) is 0 Å². The number of carbonyl (C=O) groups excluding carboxylic acids is 8. The molecule has 340 valence electrons. The van der Waals surface area contributed by atoms with Crippen molar-refractivity contribution in [2.75, 3.05) is 26.4 Å². The lowest BCUT2D eigenvalue weighted by Crippen LogP contribution is -2.61. The predicted octanol–water partition coefficient (Wildman–Crippen LogP) is -7.45. The lowest BCUT2D eigenvalue weighted by Gasteiger charge is -2.25. The zero-order valence-electron chi connectivity index (χ0n) is 33.1. The van der Waals surface area contributed by atoms with E-state index in [0.717, 1.165) is 0 Å². The molecule has 0 aromatic heterocycles. The number of aliphatic carboxylic acids is 1. The lowest BCUT2D eigenvalue weighted by molar-refractivity contribution is -0.143. The molecule has 0 fully saturated rings. The van der Waals surface area contributed by atoms with Crippen molar-refractivity contribution >= 4 is 53.2 Å². The summed E-state index contributed by atoms with van der Waals surface area (Å²) in [4.78, 5) is 114. The van der Waals surface area contributed by atoms with Crippen LogP contribution in [0.1, 0.15) is 24.5 Å². The van der Waals surface area contributed by atoms with E-state index in [4.69, 9.17) is 16.6 Å². The Hall–Kier alpha value is -6.93. The average molecular weight is 878 g/mol. The Morgan fingerprint density at radius 1 is 0.548 bits per heavy atom. The van der Waals surface area contributed by atoms with E-state index in [1.54, 1.807) is 0 Å². The molecule has 0 radical (unpaired) electrons. The van der Waals surface area contributed by atoms with Gasteiger partial charge in [0, 0.05) is 12.8 Å². The Kier molecular flexibility index (Phi) is 20.6. The smallest absolute Gasteiger partial charge is 0.328 e. The highest BCUT2D eigenvalue weighted by molar-refractivity contribution is 5.98. The molecular weight excluding hydrogens is 826 g/mol. The average Bonchev–Trinajstić information content (AvgIpc) is 3.22. The summed E-state index contributed by atoms with van der Waals surface area (Å²) < 4.78 is 0. The summed E-state index contributed by atoms with van der Waals surface area (Å²) in [7, 11) is 0. The van der Waals surface area contributed by atoms with Crippen molar-refractivity contribution in [1.29, 1.82) is 0 Å². The number of carboxylic acid groups (broad SMARTS) is 1. The van der Waals surface area contributed by atoms with Gasteiger partial charge in [-0.3, -0.25) is 38.4 Å². The summed E-state index contributed by atoms with van der Waals surface area (Å²) in [6.07, 6.45) is -2.62. The third-order valence-corrected chi connectivity index (χ3v) is 8.75. The number of hydrogen-bond acceptors (Lipinski definition) is 16. The van der Waals surface area contributed by atoms with E-state index in [2.05, 4.69) is 21.3 Å². The zero-order chi connectivity index (χ0) is 46.7. The lowest BCUT2D eigenvalue weighted by atomic mass is 10.0. The fourth-order valence-electron chi connectivity index (χ4n) is 5.25. The summed E-state index contributed by atoms with van der Waals surface area (Å²) in [5.74, 6) is -10.7. The van der Waals surface area contributed by atoms with Crippen LogP contribution in [0.5, 0.6) is 11.5 Å². The second-order valence-electron chi connectivity index (χ2n) is 13.7. The standard InChI is InChI=1S/C37H51N9O16/c1-17(50)30(39)36(60)43-22(10-18-2-6-20(51)7-3-18)31(55)40-13-29(54)41-23(11-19-4-8-21(52)9-5-19)32(56)44-26(15-48)35(59)45-25(14-47)34(58)42-24(12-28(38)53)33(57)46-27(16-49)37(61)62/h2-9,17,22-27,30,47-52H,10-16,39H2,1H3,(H2,38,53)(H,40,55)(H,41,54)(H,42,58)(H,43,60)(H,44,56)(H,45,59)(H,46,57)(H,61,62)/t17-,22+,23+,24+,25+,26+,27+,30+/m1/s1. The molecule has 0 aliphatic rings.